The molecule has 0 aromatic carbocycles. The summed E-state index contributed by atoms with van der Waals surface area (Å²) in [6.45, 7) is 10.1. The molecule has 8 nitrogen and oxygen atoms in total. The van der Waals surface area contributed by atoms with E-state index in [-0.39, 0.29) is 60.6 Å². The number of hydrogen-bond donors (Lipinski definition) is 2. The van der Waals surface area contributed by atoms with Gasteiger partial charge in [0.25, 0.3) is 0 Å². The van der Waals surface area contributed by atoms with Gasteiger partial charge >= 0.3 is 0 Å². The smallest absolute Gasteiger partial charge is 0.242 e. The average molecular weight is 453 g/mol. The number of nitrogens with zero attached hydrogens (tertiary/aromatic N) is 2. The van der Waals surface area contributed by atoms with Crippen molar-refractivity contribution in [1.82, 2.24) is 20.4 Å². The van der Waals surface area contributed by atoms with E-state index in [0.29, 0.717) is 12.0 Å². The normalized spacial score (nSPS) is 25.7. The molecular weight excluding hydrogens is 408 g/mol. The molecule has 32 heavy (non-hydrogen) atoms. The summed E-state index contributed by atoms with van der Waals surface area (Å²) in [5.41, 5.74) is 0. The summed E-state index contributed by atoms with van der Waals surface area (Å²) in [6.07, 6.45) is 2.92. The molecule has 0 bridgehead atoms. The van der Waals surface area contributed by atoms with Gasteiger partial charge in [-0.1, -0.05) is 34.1 Å². The van der Waals surface area contributed by atoms with Gasteiger partial charge in [-0.25, -0.2) is 0 Å². The predicted molar refractivity (Wildman–Crippen MR) is 125 cm³/mol. The maximum absolute atomic E-state index is 13.1. The van der Waals surface area contributed by atoms with E-state index in [1.165, 1.54) is 0 Å². The van der Waals surface area contributed by atoms with E-state index in [4.69, 9.17) is 4.74 Å². The fraction of sp³-hybridized carbons (Fsp3) is 0.875. The lowest BCUT2D eigenvalue weighted by Crippen LogP contribution is -2.54. The molecule has 1 saturated heterocycles. The van der Waals surface area contributed by atoms with Crippen LogP contribution in [0.4, 0.5) is 0 Å². The number of likely N-dealkylation sites (N-methyl/N-ethyl adjacent to an activating group) is 2. The van der Waals surface area contributed by atoms with Gasteiger partial charge in [0.2, 0.25) is 17.7 Å². The first-order valence-electron chi connectivity index (χ1n) is 12.1. The third kappa shape index (κ3) is 6.01. The van der Waals surface area contributed by atoms with Gasteiger partial charge in [-0.05, 0) is 44.6 Å². The fourth-order valence-electron chi connectivity index (χ4n) is 5.33. The summed E-state index contributed by atoms with van der Waals surface area (Å²) in [4.78, 5) is 42.3. The lowest BCUT2D eigenvalue weighted by molar-refractivity contribution is -0.143. The molecule has 0 aromatic heterocycles. The van der Waals surface area contributed by atoms with Crippen LogP contribution in [0.5, 0.6) is 0 Å². The summed E-state index contributed by atoms with van der Waals surface area (Å²) in [7, 11) is 5.10. The van der Waals surface area contributed by atoms with E-state index in [0.717, 1.165) is 19.3 Å². The molecular formula is C24H44N4O4. The second-order valence-corrected chi connectivity index (χ2v) is 10.0. The van der Waals surface area contributed by atoms with Gasteiger partial charge in [0, 0.05) is 26.2 Å². The van der Waals surface area contributed by atoms with Crippen LogP contribution in [0, 0.1) is 17.8 Å². The van der Waals surface area contributed by atoms with Crippen molar-refractivity contribution in [2.24, 2.45) is 17.8 Å². The first-order valence-corrected chi connectivity index (χ1v) is 12.1. The van der Waals surface area contributed by atoms with Crippen molar-refractivity contribution in [3.8, 4) is 0 Å². The molecule has 8 heteroatoms. The Bertz CT molecular complexity index is 668. The summed E-state index contributed by atoms with van der Waals surface area (Å²) < 4.78 is 5.79. The summed E-state index contributed by atoms with van der Waals surface area (Å²) in [5, 5.41) is 5.75. The Morgan fingerprint density at radius 1 is 1.19 bits per heavy atom. The molecule has 0 radical (unpaired) electrons. The van der Waals surface area contributed by atoms with Gasteiger partial charge in [0.05, 0.1) is 31.2 Å². The molecule has 2 rings (SSSR count). The van der Waals surface area contributed by atoms with Gasteiger partial charge < -0.3 is 25.2 Å². The van der Waals surface area contributed by atoms with Crippen molar-refractivity contribution in [3.63, 3.8) is 0 Å². The molecule has 184 valence electrons. The van der Waals surface area contributed by atoms with Crippen molar-refractivity contribution >= 4 is 17.7 Å². The molecule has 1 aliphatic heterocycles. The van der Waals surface area contributed by atoms with E-state index in [1.807, 2.05) is 18.7 Å². The minimum absolute atomic E-state index is 0.0789. The van der Waals surface area contributed by atoms with Crippen LogP contribution in [0.2, 0.25) is 0 Å². The highest BCUT2D eigenvalue weighted by molar-refractivity contribution is 5.87. The second-order valence-electron chi connectivity index (χ2n) is 10.0. The maximum atomic E-state index is 13.1. The third-order valence-electron chi connectivity index (χ3n) is 7.45. The molecule has 7 atom stereocenters. The zero-order valence-corrected chi connectivity index (χ0v) is 21.2. The van der Waals surface area contributed by atoms with Crippen LogP contribution in [0.3, 0.4) is 0 Å². The van der Waals surface area contributed by atoms with Crippen molar-refractivity contribution in [2.75, 3.05) is 27.7 Å². The fourth-order valence-corrected chi connectivity index (χ4v) is 5.33. The molecule has 1 aliphatic carbocycles. The molecule has 2 N–H and O–H groups in total. The van der Waals surface area contributed by atoms with Crippen LogP contribution in [-0.2, 0) is 19.1 Å². The van der Waals surface area contributed by atoms with Crippen molar-refractivity contribution in [3.05, 3.63) is 0 Å². The zero-order valence-electron chi connectivity index (χ0n) is 21.2. The maximum Gasteiger partial charge on any atom is 0.242 e. The summed E-state index contributed by atoms with van der Waals surface area (Å²) in [5.74, 6) is 0.663. The van der Waals surface area contributed by atoms with Crippen LogP contribution < -0.4 is 10.6 Å². The lowest BCUT2D eigenvalue weighted by atomic mass is 9.90. The number of fused-ring (bicyclic) bond motifs is 1. The Balaban J connectivity index is 2.04. The Morgan fingerprint density at radius 2 is 1.84 bits per heavy atom. The number of likely N-dealkylation sites (tertiary alicyclic amines) is 1. The van der Waals surface area contributed by atoms with Crippen molar-refractivity contribution in [1.29, 1.82) is 0 Å². The first kappa shape index (κ1) is 26.6. The van der Waals surface area contributed by atoms with Crippen LogP contribution >= 0.6 is 0 Å². The molecule has 0 spiro atoms. The minimum Gasteiger partial charge on any atom is -0.379 e. The zero-order chi connectivity index (χ0) is 24.2. The molecule has 7 unspecified atom stereocenters. The number of carbonyl (C=O) groups excluding carboxylic acids is 3. The van der Waals surface area contributed by atoms with Gasteiger partial charge in [0.1, 0.15) is 0 Å². The number of piperidine rings is 1. The second kappa shape index (κ2) is 11.5. The van der Waals surface area contributed by atoms with E-state index < -0.39 is 6.10 Å². The van der Waals surface area contributed by atoms with Gasteiger partial charge in [0.15, 0.2) is 0 Å². The topological polar surface area (TPSA) is 91.0 Å². The number of carbonyl (C=O) groups is 3. The molecule has 0 aromatic rings. The number of rotatable bonds is 12. The third-order valence-corrected chi connectivity index (χ3v) is 7.45. The number of nitrogens with one attached hydrogen (secondary N) is 2. The summed E-state index contributed by atoms with van der Waals surface area (Å²) >= 11 is 0. The average Bonchev–Trinajstić information content (AvgIpc) is 3.41. The quantitative estimate of drug-likeness (QED) is 0.470. The van der Waals surface area contributed by atoms with Crippen LogP contribution in [-0.4, -0.2) is 85.5 Å². The highest BCUT2D eigenvalue weighted by Gasteiger charge is 2.52. The van der Waals surface area contributed by atoms with Gasteiger partial charge in [-0.3, -0.25) is 14.4 Å². The highest BCUT2D eigenvalue weighted by Crippen LogP contribution is 2.48. The molecule has 1 saturated carbocycles. The van der Waals surface area contributed by atoms with Crippen LogP contribution in [0.15, 0.2) is 0 Å². The van der Waals surface area contributed by atoms with Gasteiger partial charge in [-0.2, -0.15) is 0 Å². The summed E-state index contributed by atoms with van der Waals surface area (Å²) in [6, 6.07) is 0.0714. The Kier molecular flexibility index (Phi) is 9.52. The van der Waals surface area contributed by atoms with E-state index in [1.54, 1.807) is 26.1 Å². The van der Waals surface area contributed by atoms with Crippen molar-refractivity contribution < 1.29 is 19.1 Å². The highest BCUT2D eigenvalue weighted by atomic mass is 16.5. The predicted octanol–water partition coefficient (Wildman–Crippen LogP) is 1.63. The van der Waals surface area contributed by atoms with Crippen LogP contribution in [0.1, 0.15) is 60.3 Å². The Hall–Kier alpha value is -1.67. The van der Waals surface area contributed by atoms with Crippen LogP contribution in [0.25, 0.3) is 0 Å². The van der Waals surface area contributed by atoms with E-state index in [2.05, 4.69) is 31.4 Å². The minimum atomic E-state index is -0.396. The Morgan fingerprint density at radius 3 is 2.31 bits per heavy atom. The monoisotopic (exact) mass is 452 g/mol. The molecule has 2 fully saturated rings. The standard InChI is InChI=1S/C24H44N4O4/c1-9-15(4)23(27(7)21(30)13-26-24(31)22(25-6)14(2)3)19(32-8)12-20(29)28-16(5)10-17-11-18(17)28/h14-19,22-23,25H,9-13H2,1-8H3,(H,26,31). The lowest BCUT2D eigenvalue weighted by Gasteiger charge is -2.38. The molecule has 3 amide bonds. The number of methoxy groups -OCH3 is 1. The largest absolute Gasteiger partial charge is 0.379 e. The SMILES string of the molecule is CCC(C)C(C(CC(=O)N1C(C)CC2CC21)OC)N(C)C(=O)CNC(=O)C(NC)C(C)C. The van der Waals surface area contributed by atoms with E-state index >= 15 is 0 Å². The Labute approximate surface area is 193 Å². The van der Waals surface area contributed by atoms with E-state index in [9.17, 15) is 14.4 Å². The number of ether oxygens (including phenoxy) is 1. The first-order chi connectivity index (χ1) is 15.1. The molecule has 2 aliphatic rings. The van der Waals surface area contributed by atoms with Gasteiger partial charge in [-0.15, -0.1) is 0 Å². The number of amides is 3. The number of hydrogen-bond acceptors (Lipinski definition) is 5. The molecule has 1 heterocycles. The van der Waals surface area contributed by atoms with Crippen molar-refractivity contribution in [2.45, 2.75) is 90.6 Å².